The van der Waals surface area contributed by atoms with E-state index in [-0.39, 0.29) is 24.4 Å². The van der Waals surface area contributed by atoms with Crippen molar-refractivity contribution in [3.05, 3.63) is 11.6 Å². The summed E-state index contributed by atoms with van der Waals surface area (Å²) in [5, 5.41) is 5.25. The molecule has 1 aliphatic carbocycles. The number of hydrogen-bond donors (Lipinski definition) is 1. The first-order valence-corrected chi connectivity index (χ1v) is 11.6. The van der Waals surface area contributed by atoms with Crippen LogP contribution in [0.2, 0.25) is 0 Å². The summed E-state index contributed by atoms with van der Waals surface area (Å²) in [4.78, 5) is 31.2. The maximum Gasteiger partial charge on any atom is 0.245 e. The first kappa shape index (κ1) is 21.9. The van der Waals surface area contributed by atoms with E-state index in [1.54, 1.807) is 6.20 Å². The molecule has 2 rings (SSSR count). The van der Waals surface area contributed by atoms with E-state index in [4.69, 9.17) is 0 Å². The van der Waals surface area contributed by atoms with E-state index in [2.05, 4.69) is 17.2 Å². The number of nitrogens with one attached hydrogen (secondary N) is 1. The second-order valence-electron chi connectivity index (χ2n) is 7.57. The normalized spacial score (nSPS) is 14.9. The molecular weight excluding hydrogens is 358 g/mol. The molecule has 1 fully saturated rings. The summed E-state index contributed by atoms with van der Waals surface area (Å²) in [6, 6.07) is 0.220. The fourth-order valence-electron chi connectivity index (χ4n) is 3.79. The number of amides is 2. The minimum atomic E-state index is -0.136. The predicted octanol–water partition coefficient (Wildman–Crippen LogP) is 5.38. The highest BCUT2D eigenvalue weighted by atomic mass is 32.1. The summed E-state index contributed by atoms with van der Waals surface area (Å²) in [6.07, 6.45) is 16.2. The lowest BCUT2D eigenvalue weighted by molar-refractivity contribution is -0.137. The third-order valence-corrected chi connectivity index (χ3v) is 6.01. The highest BCUT2D eigenvalue weighted by Gasteiger charge is 2.27. The van der Waals surface area contributed by atoms with Crippen LogP contribution >= 0.6 is 11.3 Å². The monoisotopic (exact) mass is 393 g/mol. The van der Waals surface area contributed by atoms with Gasteiger partial charge in [0.2, 0.25) is 11.8 Å². The zero-order valence-corrected chi connectivity index (χ0v) is 17.6. The number of thiazole rings is 1. The molecule has 1 saturated carbocycles. The van der Waals surface area contributed by atoms with Crippen molar-refractivity contribution in [1.82, 2.24) is 9.88 Å². The average Bonchev–Trinajstić information content (AvgIpc) is 3.19. The minimum Gasteiger partial charge on any atom is -0.330 e. The van der Waals surface area contributed by atoms with Gasteiger partial charge in [-0.3, -0.25) is 9.59 Å². The van der Waals surface area contributed by atoms with Gasteiger partial charge in [-0.2, -0.15) is 0 Å². The van der Waals surface area contributed by atoms with Crippen molar-refractivity contribution in [3.63, 3.8) is 0 Å². The molecule has 1 heterocycles. The van der Waals surface area contributed by atoms with Crippen LogP contribution in [0.25, 0.3) is 0 Å². The molecule has 1 aromatic rings. The lowest BCUT2D eigenvalue weighted by Crippen LogP contribution is -2.45. The number of rotatable bonds is 12. The van der Waals surface area contributed by atoms with Crippen molar-refractivity contribution in [3.8, 4) is 0 Å². The SMILES string of the molecule is CCCCCCCCCC(=O)N(CC(=O)Nc1nccs1)C1CCCCC1. The zero-order valence-electron chi connectivity index (χ0n) is 16.8. The largest absolute Gasteiger partial charge is 0.330 e. The summed E-state index contributed by atoms with van der Waals surface area (Å²) in [7, 11) is 0. The van der Waals surface area contributed by atoms with Crippen LogP contribution < -0.4 is 5.32 Å². The van der Waals surface area contributed by atoms with Gasteiger partial charge in [-0.1, -0.05) is 64.7 Å². The molecule has 5 nitrogen and oxygen atoms in total. The lowest BCUT2D eigenvalue weighted by Gasteiger charge is -2.34. The standard InChI is InChI=1S/C21H35N3O2S/c1-2-3-4-5-6-7-11-14-20(26)24(18-12-9-8-10-13-18)17-19(25)23-21-22-15-16-27-21/h15-16,18H,2-14,17H2,1H3,(H,22,23,25). The molecule has 0 unspecified atom stereocenters. The Labute approximate surface area is 167 Å². The number of hydrogen-bond acceptors (Lipinski definition) is 4. The Morgan fingerprint density at radius 2 is 1.81 bits per heavy atom. The zero-order chi connectivity index (χ0) is 19.3. The molecule has 0 aliphatic heterocycles. The van der Waals surface area contributed by atoms with Crippen molar-refractivity contribution in [2.24, 2.45) is 0 Å². The van der Waals surface area contributed by atoms with E-state index in [0.29, 0.717) is 11.6 Å². The third-order valence-electron chi connectivity index (χ3n) is 5.32. The summed E-state index contributed by atoms with van der Waals surface area (Å²) in [6.45, 7) is 2.38. The van der Waals surface area contributed by atoms with Gasteiger partial charge >= 0.3 is 0 Å². The molecule has 2 amide bonds. The fraction of sp³-hybridized carbons (Fsp3) is 0.762. The van der Waals surface area contributed by atoms with E-state index in [1.807, 2.05) is 10.3 Å². The van der Waals surface area contributed by atoms with Crippen molar-refractivity contribution in [2.45, 2.75) is 96.4 Å². The second-order valence-corrected chi connectivity index (χ2v) is 8.46. The van der Waals surface area contributed by atoms with Crippen LogP contribution in [0.5, 0.6) is 0 Å². The molecule has 0 spiro atoms. The molecule has 1 N–H and O–H groups in total. The van der Waals surface area contributed by atoms with E-state index >= 15 is 0 Å². The van der Waals surface area contributed by atoms with Gasteiger partial charge in [-0.05, 0) is 19.3 Å². The highest BCUT2D eigenvalue weighted by Crippen LogP contribution is 2.24. The molecular formula is C21H35N3O2S. The molecule has 0 bridgehead atoms. The Morgan fingerprint density at radius 1 is 1.11 bits per heavy atom. The van der Waals surface area contributed by atoms with E-state index < -0.39 is 0 Å². The van der Waals surface area contributed by atoms with E-state index in [1.165, 1.54) is 49.9 Å². The van der Waals surface area contributed by atoms with Crippen molar-refractivity contribution in [1.29, 1.82) is 0 Å². The van der Waals surface area contributed by atoms with Gasteiger partial charge in [0.1, 0.15) is 6.54 Å². The van der Waals surface area contributed by atoms with Crippen molar-refractivity contribution >= 4 is 28.3 Å². The Hall–Kier alpha value is -1.43. The van der Waals surface area contributed by atoms with E-state index in [0.717, 1.165) is 38.5 Å². The second kappa shape index (κ2) is 12.9. The number of nitrogens with zero attached hydrogens (tertiary/aromatic N) is 2. The van der Waals surface area contributed by atoms with Crippen LogP contribution in [0.3, 0.4) is 0 Å². The maximum absolute atomic E-state index is 12.8. The molecule has 1 aliphatic rings. The van der Waals surface area contributed by atoms with Gasteiger partial charge < -0.3 is 10.2 Å². The smallest absolute Gasteiger partial charge is 0.245 e. The number of anilines is 1. The van der Waals surface area contributed by atoms with Crippen LogP contribution in [0.4, 0.5) is 5.13 Å². The van der Waals surface area contributed by atoms with Crippen LogP contribution in [-0.2, 0) is 9.59 Å². The molecule has 0 atom stereocenters. The topological polar surface area (TPSA) is 62.3 Å². The Bertz CT molecular complexity index is 542. The lowest BCUT2D eigenvalue weighted by atomic mass is 9.93. The number of carbonyl (C=O) groups is 2. The predicted molar refractivity (Wildman–Crippen MR) is 112 cm³/mol. The van der Waals surface area contributed by atoms with Crippen molar-refractivity contribution in [2.75, 3.05) is 11.9 Å². The quantitative estimate of drug-likeness (QED) is 0.485. The van der Waals surface area contributed by atoms with Gasteiger partial charge in [0.05, 0.1) is 0 Å². The highest BCUT2D eigenvalue weighted by molar-refractivity contribution is 7.13. The molecule has 0 radical (unpaired) electrons. The summed E-state index contributed by atoms with van der Waals surface area (Å²) < 4.78 is 0. The van der Waals surface area contributed by atoms with Gasteiger partial charge in [-0.25, -0.2) is 4.98 Å². The number of carbonyl (C=O) groups excluding carboxylic acids is 2. The molecule has 1 aromatic heterocycles. The van der Waals surface area contributed by atoms with Crippen LogP contribution in [0.15, 0.2) is 11.6 Å². The summed E-state index contributed by atoms with van der Waals surface area (Å²) >= 11 is 1.40. The van der Waals surface area contributed by atoms with Gasteiger partial charge in [0.15, 0.2) is 5.13 Å². The van der Waals surface area contributed by atoms with Crippen LogP contribution in [0.1, 0.15) is 90.4 Å². The van der Waals surface area contributed by atoms with Crippen molar-refractivity contribution < 1.29 is 9.59 Å². The molecule has 27 heavy (non-hydrogen) atoms. The van der Waals surface area contributed by atoms with Gasteiger partial charge in [0, 0.05) is 24.0 Å². The Kier molecular flexibility index (Phi) is 10.4. The average molecular weight is 394 g/mol. The van der Waals surface area contributed by atoms with Crippen LogP contribution in [-0.4, -0.2) is 34.3 Å². The molecule has 0 saturated heterocycles. The third kappa shape index (κ3) is 8.41. The Balaban J connectivity index is 1.79. The Morgan fingerprint density at radius 3 is 2.48 bits per heavy atom. The number of aromatic nitrogens is 1. The maximum atomic E-state index is 12.8. The van der Waals surface area contributed by atoms with Gasteiger partial charge in [0.25, 0.3) is 0 Å². The summed E-state index contributed by atoms with van der Waals surface area (Å²) in [5.74, 6) is 0.00758. The fourth-order valence-corrected chi connectivity index (χ4v) is 4.33. The van der Waals surface area contributed by atoms with E-state index in [9.17, 15) is 9.59 Å². The first-order chi connectivity index (χ1) is 13.2. The van der Waals surface area contributed by atoms with Gasteiger partial charge in [-0.15, -0.1) is 11.3 Å². The first-order valence-electron chi connectivity index (χ1n) is 10.7. The van der Waals surface area contributed by atoms with Crippen LogP contribution in [0, 0.1) is 0 Å². The number of unbranched alkanes of at least 4 members (excludes halogenated alkanes) is 6. The molecule has 152 valence electrons. The summed E-state index contributed by atoms with van der Waals surface area (Å²) in [5.41, 5.74) is 0. The molecule has 6 heteroatoms. The minimum absolute atomic E-state index is 0.136. The molecule has 0 aromatic carbocycles.